The number of methoxy groups -OCH3 is 1. The third-order valence-electron chi connectivity index (χ3n) is 2.20. The average molecular weight is 235 g/mol. The topological polar surface area (TPSA) is 60.2 Å². The summed E-state index contributed by atoms with van der Waals surface area (Å²) in [5.41, 5.74) is 7.73. The number of thiazole rings is 1. The van der Waals surface area contributed by atoms with Crippen molar-refractivity contribution in [2.45, 2.75) is 6.92 Å². The number of hydrogen-bond donors (Lipinski definition) is 2. The van der Waals surface area contributed by atoms with Gasteiger partial charge in [0.25, 0.3) is 0 Å². The number of hydrogen-bond acceptors (Lipinski definition) is 5. The van der Waals surface area contributed by atoms with Crippen molar-refractivity contribution in [2.75, 3.05) is 18.2 Å². The SMILES string of the molecule is COc1ccc(Nc2ncc(N)s2)c(C)c1. The molecule has 1 heterocycles. The van der Waals surface area contributed by atoms with E-state index in [4.69, 9.17) is 10.5 Å². The molecule has 1 aromatic heterocycles. The zero-order valence-corrected chi connectivity index (χ0v) is 9.97. The van der Waals surface area contributed by atoms with Crippen LogP contribution in [0.15, 0.2) is 24.4 Å². The lowest BCUT2D eigenvalue weighted by molar-refractivity contribution is 0.414. The lowest BCUT2D eigenvalue weighted by Gasteiger charge is -2.08. The molecule has 84 valence electrons. The van der Waals surface area contributed by atoms with E-state index in [1.165, 1.54) is 11.3 Å². The van der Waals surface area contributed by atoms with Crippen molar-refractivity contribution in [3.8, 4) is 5.75 Å². The number of aryl methyl sites for hydroxylation is 1. The summed E-state index contributed by atoms with van der Waals surface area (Å²) in [6.45, 7) is 2.02. The van der Waals surface area contributed by atoms with Gasteiger partial charge in [-0.05, 0) is 30.7 Å². The molecule has 2 rings (SSSR count). The molecule has 0 bridgehead atoms. The average Bonchev–Trinajstić information content (AvgIpc) is 2.67. The van der Waals surface area contributed by atoms with E-state index in [9.17, 15) is 0 Å². The Labute approximate surface area is 98.1 Å². The second kappa shape index (κ2) is 4.40. The zero-order valence-electron chi connectivity index (χ0n) is 9.15. The Morgan fingerprint density at radius 1 is 1.44 bits per heavy atom. The molecular weight excluding hydrogens is 222 g/mol. The van der Waals surface area contributed by atoms with Crippen LogP contribution in [-0.4, -0.2) is 12.1 Å². The van der Waals surface area contributed by atoms with Crippen molar-refractivity contribution in [1.82, 2.24) is 4.98 Å². The molecule has 4 nitrogen and oxygen atoms in total. The maximum Gasteiger partial charge on any atom is 0.189 e. The van der Waals surface area contributed by atoms with Gasteiger partial charge in [-0.3, -0.25) is 0 Å². The van der Waals surface area contributed by atoms with Gasteiger partial charge in [0, 0.05) is 5.69 Å². The van der Waals surface area contributed by atoms with Gasteiger partial charge in [-0.1, -0.05) is 11.3 Å². The van der Waals surface area contributed by atoms with Crippen LogP contribution in [0.25, 0.3) is 0 Å². The van der Waals surface area contributed by atoms with Crippen LogP contribution < -0.4 is 15.8 Å². The van der Waals surface area contributed by atoms with Crippen LogP contribution in [0, 0.1) is 6.92 Å². The fraction of sp³-hybridized carbons (Fsp3) is 0.182. The van der Waals surface area contributed by atoms with Crippen molar-refractivity contribution in [2.24, 2.45) is 0 Å². The molecule has 0 radical (unpaired) electrons. The van der Waals surface area contributed by atoms with Gasteiger partial charge in [-0.2, -0.15) is 0 Å². The smallest absolute Gasteiger partial charge is 0.189 e. The van der Waals surface area contributed by atoms with Gasteiger partial charge in [0.2, 0.25) is 0 Å². The Hall–Kier alpha value is -1.75. The first-order valence-corrected chi connectivity index (χ1v) is 5.63. The minimum atomic E-state index is 0.702. The molecule has 0 aliphatic heterocycles. The van der Waals surface area contributed by atoms with Gasteiger partial charge in [0.15, 0.2) is 5.13 Å². The van der Waals surface area contributed by atoms with Crippen molar-refractivity contribution in [3.05, 3.63) is 30.0 Å². The predicted octanol–water partition coefficient (Wildman–Crippen LogP) is 2.79. The van der Waals surface area contributed by atoms with E-state index in [1.807, 2.05) is 25.1 Å². The molecule has 0 aliphatic rings. The highest BCUT2D eigenvalue weighted by Gasteiger charge is 2.03. The van der Waals surface area contributed by atoms with Crippen LogP contribution in [0.3, 0.4) is 0 Å². The molecule has 0 aliphatic carbocycles. The first kappa shape index (κ1) is 10.8. The first-order chi connectivity index (χ1) is 7.69. The summed E-state index contributed by atoms with van der Waals surface area (Å²) in [7, 11) is 1.66. The van der Waals surface area contributed by atoms with Crippen LogP contribution in [0.5, 0.6) is 5.75 Å². The fourth-order valence-electron chi connectivity index (χ4n) is 1.36. The number of nitrogens with zero attached hydrogens (tertiary/aromatic N) is 1. The van der Waals surface area contributed by atoms with E-state index in [2.05, 4.69) is 10.3 Å². The number of nitrogens with two attached hydrogens (primary N) is 1. The standard InChI is InChI=1S/C11H13N3OS/c1-7-5-8(15-2)3-4-9(7)14-11-13-6-10(12)16-11/h3-6H,12H2,1-2H3,(H,13,14). The quantitative estimate of drug-likeness (QED) is 0.858. The lowest BCUT2D eigenvalue weighted by atomic mass is 10.2. The Morgan fingerprint density at radius 3 is 2.81 bits per heavy atom. The number of anilines is 3. The van der Waals surface area contributed by atoms with Gasteiger partial charge in [0.05, 0.1) is 13.3 Å². The van der Waals surface area contributed by atoms with E-state index < -0.39 is 0 Å². The summed E-state index contributed by atoms with van der Waals surface area (Å²) in [6, 6.07) is 5.84. The van der Waals surface area contributed by atoms with E-state index in [0.717, 1.165) is 22.1 Å². The van der Waals surface area contributed by atoms with E-state index in [-0.39, 0.29) is 0 Å². The second-order valence-electron chi connectivity index (χ2n) is 3.37. The fourth-order valence-corrected chi connectivity index (χ4v) is 1.96. The third-order valence-corrected chi connectivity index (χ3v) is 2.94. The first-order valence-electron chi connectivity index (χ1n) is 4.82. The molecule has 0 saturated carbocycles. The number of aromatic nitrogens is 1. The highest BCUT2D eigenvalue weighted by molar-refractivity contribution is 7.19. The Balaban J connectivity index is 2.21. The Morgan fingerprint density at radius 2 is 2.25 bits per heavy atom. The van der Waals surface area contributed by atoms with E-state index in [1.54, 1.807) is 13.3 Å². The van der Waals surface area contributed by atoms with E-state index in [0.29, 0.717) is 5.00 Å². The summed E-state index contributed by atoms with van der Waals surface area (Å²) in [4.78, 5) is 4.15. The summed E-state index contributed by atoms with van der Waals surface area (Å²) >= 11 is 1.43. The molecule has 0 fully saturated rings. The number of rotatable bonds is 3. The number of ether oxygens (including phenoxy) is 1. The van der Waals surface area contributed by atoms with Crippen molar-refractivity contribution >= 4 is 27.2 Å². The van der Waals surface area contributed by atoms with Gasteiger partial charge in [-0.15, -0.1) is 0 Å². The van der Waals surface area contributed by atoms with Crippen molar-refractivity contribution in [3.63, 3.8) is 0 Å². The van der Waals surface area contributed by atoms with Crippen LogP contribution in [-0.2, 0) is 0 Å². The molecular formula is C11H13N3OS. The molecule has 5 heteroatoms. The zero-order chi connectivity index (χ0) is 11.5. The van der Waals surface area contributed by atoms with Gasteiger partial charge < -0.3 is 15.8 Å². The van der Waals surface area contributed by atoms with Gasteiger partial charge >= 0.3 is 0 Å². The van der Waals surface area contributed by atoms with Crippen molar-refractivity contribution in [1.29, 1.82) is 0 Å². The van der Waals surface area contributed by atoms with E-state index >= 15 is 0 Å². The minimum absolute atomic E-state index is 0.702. The highest BCUT2D eigenvalue weighted by atomic mass is 32.1. The lowest BCUT2D eigenvalue weighted by Crippen LogP contribution is -1.93. The maximum atomic E-state index is 5.61. The number of benzene rings is 1. The third kappa shape index (κ3) is 2.25. The summed E-state index contributed by atoms with van der Waals surface area (Å²) in [5.74, 6) is 0.849. The molecule has 0 atom stereocenters. The predicted molar refractivity (Wildman–Crippen MR) is 67.5 cm³/mol. The Bertz CT molecular complexity index is 496. The van der Waals surface area contributed by atoms with Crippen LogP contribution in [0.1, 0.15) is 5.56 Å². The van der Waals surface area contributed by atoms with Crippen molar-refractivity contribution < 1.29 is 4.74 Å². The highest BCUT2D eigenvalue weighted by Crippen LogP contribution is 2.27. The maximum absolute atomic E-state index is 5.61. The molecule has 0 saturated heterocycles. The largest absolute Gasteiger partial charge is 0.497 e. The summed E-state index contributed by atoms with van der Waals surface area (Å²) in [6.07, 6.45) is 1.64. The molecule has 2 aromatic rings. The van der Waals surface area contributed by atoms with Gasteiger partial charge in [0.1, 0.15) is 10.8 Å². The molecule has 0 spiro atoms. The van der Waals surface area contributed by atoms with Crippen LogP contribution >= 0.6 is 11.3 Å². The Kier molecular flexibility index (Phi) is 2.96. The summed E-state index contributed by atoms with van der Waals surface area (Å²) < 4.78 is 5.14. The monoisotopic (exact) mass is 235 g/mol. The number of nitrogens with one attached hydrogen (secondary N) is 1. The number of nitrogen functional groups attached to an aromatic ring is 1. The van der Waals surface area contributed by atoms with Crippen LogP contribution in [0.4, 0.5) is 15.8 Å². The summed E-state index contributed by atoms with van der Waals surface area (Å²) in [5, 5.41) is 4.72. The molecule has 3 N–H and O–H groups in total. The normalized spacial score (nSPS) is 10.1. The minimum Gasteiger partial charge on any atom is -0.497 e. The molecule has 1 aromatic carbocycles. The van der Waals surface area contributed by atoms with Crippen LogP contribution in [0.2, 0.25) is 0 Å². The molecule has 0 unspecified atom stereocenters. The van der Waals surface area contributed by atoms with Gasteiger partial charge in [-0.25, -0.2) is 4.98 Å². The second-order valence-corrected chi connectivity index (χ2v) is 4.44. The molecule has 0 amide bonds. The molecule has 16 heavy (non-hydrogen) atoms.